The number of hydrogen-bond donors (Lipinski definition) is 1. The first-order chi connectivity index (χ1) is 13.2. The van der Waals surface area contributed by atoms with Gasteiger partial charge in [0.2, 0.25) is 0 Å². The number of benzene rings is 1. The lowest BCUT2D eigenvalue weighted by Gasteiger charge is -2.02. The predicted octanol–water partition coefficient (Wildman–Crippen LogP) is 4.42. The van der Waals surface area contributed by atoms with Crippen molar-refractivity contribution in [1.82, 2.24) is 14.8 Å². The van der Waals surface area contributed by atoms with Crippen LogP contribution in [-0.2, 0) is 6.54 Å². The fourth-order valence-corrected chi connectivity index (χ4v) is 3.39. The zero-order valence-electron chi connectivity index (χ0n) is 14.9. The van der Waals surface area contributed by atoms with Crippen LogP contribution in [0.15, 0.2) is 46.3 Å². The number of carbonyl (C=O) groups excluding carboxylic acids is 1. The molecule has 0 bridgehead atoms. The Morgan fingerprint density at radius 2 is 2.22 bits per heavy atom. The zero-order valence-corrected chi connectivity index (χ0v) is 15.7. The second-order valence-electron chi connectivity index (χ2n) is 5.77. The smallest absolute Gasteiger partial charge is 0.277 e. The van der Waals surface area contributed by atoms with E-state index in [4.69, 9.17) is 9.15 Å². The van der Waals surface area contributed by atoms with Crippen molar-refractivity contribution in [2.75, 3.05) is 11.9 Å². The van der Waals surface area contributed by atoms with E-state index in [1.54, 1.807) is 16.9 Å². The van der Waals surface area contributed by atoms with Crippen LogP contribution in [0.1, 0.15) is 24.3 Å². The predicted molar refractivity (Wildman–Crippen MR) is 104 cm³/mol. The molecule has 0 aliphatic carbocycles. The molecule has 0 aliphatic rings. The summed E-state index contributed by atoms with van der Waals surface area (Å²) in [6, 6.07) is 9.36. The highest BCUT2D eigenvalue weighted by Crippen LogP contribution is 2.34. The minimum atomic E-state index is -0.286. The van der Waals surface area contributed by atoms with Crippen LogP contribution >= 0.6 is 11.3 Å². The van der Waals surface area contributed by atoms with Gasteiger partial charge in [0, 0.05) is 23.5 Å². The molecule has 0 aliphatic heterocycles. The summed E-state index contributed by atoms with van der Waals surface area (Å²) in [7, 11) is 0. The minimum Gasteiger partial charge on any atom is -0.490 e. The molecule has 3 aromatic heterocycles. The van der Waals surface area contributed by atoms with Gasteiger partial charge in [-0.2, -0.15) is 5.10 Å². The van der Waals surface area contributed by atoms with Gasteiger partial charge in [0.25, 0.3) is 5.91 Å². The molecule has 1 N–H and O–H groups in total. The third kappa shape index (κ3) is 3.43. The summed E-state index contributed by atoms with van der Waals surface area (Å²) in [5, 5.41) is 10.3. The molecular formula is C19H18N4O3S. The van der Waals surface area contributed by atoms with Gasteiger partial charge in [-0.15, -0.1) is 11.3 Å². The van der Waals surface area contributed by atoms with Gasteiger partial charge >= 0.3 is 0 Å². The van der Waals surface area contributed by atoms with E-state index >= 15 is 0 Å². The summed E-state index contributed by atoms with van der Waals surface area (Å²) in [4.78, 5) is 16.7. The van der Waals surface area contributed by atoms with Gasteiger partial charge in [-0.3, -0.25) is 14.8 Å². The molecule has 8 heteroatoms. The first-order valence-electron chi connectivity index (χ1n) is 8.64. The normalized spacial score (nSPS) is 11.0. The fourth-order valence-electron chi connectivity index (χ4n) is 2.70. The summed E-state index contributed by atoms with van der Waals surface area (Å²) < 4.78 is 13.3. The molecule has 0 radical (unpaired) electrons. The molecule has 4 aromatic rings. The molecule has 0 unspecified atom stereocenters. The first kappa shape index (κ1) is 17.3. The molecule has 0 spiro atoms. The van der Waals surface area contributed by atoms with Crippen LogP contribution in [0.3, 0.4) is 0 Å². The second-order valence-corrected chi connectivity index (χ2v) is 6.62. The van der Waals surface area contributed by atoms with Crippen molar-refractivity contribution in [2.45, 2.75) is 20.4 Å². The van der Waals surface area contributed by atoms with Crippen molar-refractivity contribution in [1.29, 1.82) is 0 Å². The van der Waals surface area contributed by atoms with E-state index in [9.17, 15) is 4.79 Å². The van der Waals surface area contributed by atoms with Crippen molar-refractivity contribution < 1.29 is 13.9 Å². The number of rotatable bonds is 6. The van der Waals surface area contributed by atoms with E-state index in [0.717, 1.165) is 5.39 Å². The third-order valence-corrected chi connectivity index (χ3v) is 4.74. The van der Waals surface area contributed by atoms with Gasteiger partial charge < -0.3 is 9.15 Å². The molecule has 1 amide bonds. The molecule has 27 heavy (non-hydrogen) atoms. The summed E-state index contributed by atoms with van der Waals surface area (Å²) in [5.74, 6) is 1.05. The quantitative estimate of drug-likeness (QED) is 0.534. The third-order valence-electron chi connectivity index (χ3n) is 3.98. The van der Waals surface area contributed by atoms with Gasteiger partial charge in [0.1, 0.15) is 5.69 Å². The highest BCUT2D eigenvalue weighted by Gasteiger charge is 2.15. The Balaban J connectivity index is 1.56. The average Bonchev–Trinajstić information content (AvgIpc) is 3.40. The highest BCUT2D eigenvalue weighted by molar-refractivity contribution is 7.14. The minimum absolute atomic E-state index is 0.286. The number of nitrogens with zero attached hydrogens (tertiary/aromatic N) is 3. The Morgan fingerprint density at radius 1 is 1.33 bits per heavy atom. The lowest BCUT2D eigenvalue weighted by molar-refractivity contribution is 0.102. The van der Waals surface area contributed by atoms with E-state index in [1.807, 2.05) is 43.5 Å². The van der Waals surface area contributed by atoms with Crippen LogP contribution in [-0.4, -0.2) is 27.3 Å². The topological polar surface area (TPSA) is 82.2 Å². The molecule has 0 atom stereocenters. The van der Waals surface area contributed by atoms with Gasteiger partial charge in [-0.05, 0) is 32.0 Å². The van der Waals surface area contributed by atoms with Crippen LogP contribution in [0.4, 0.5) is 5.13 Å². The van der Waals surface area contributed by atoms with Crippen molar-refractivity contribution in [3.63, 3.8) is 0 Å². The number of fused-ring (bicyclic) bond motifs is 1. The number of amides is 1. The first-order valence-corrected chi connectivity index (χ1v) is 9.52. The number of para-hydroxylation sites is 1. The highest BCUT2D eigenvalue weighted by atomic mass is 32.1. The van der Waals surface area contributed by atoms with Crippen LogP contribution in [0.2, 0.25) is 0 Å². The van der Waals surface area contributed by atoms with Gasteiger partial charge in [-0.25, -0.2) is 4.98 Å². The number of ether oxygens (including phenoxy) is 1. The van der Waals surface area contributed by atoms with Crippen LogP contribution in [0.25, 0.3) is 22.4 Å². The summed E-state index contributed by atoms with van der Waals surface area (Å²) >= 11 is 1.34. The maximum absolute atomic E-state index is 12.3. The SMILES string of the molecule is CCOc1cccc2cc(-c3csc(NC(=O)c4ccn(CC)n4)n3)oc12. The molecule has 0 fully saturated rings. The van der Waals surface area contributed by atoms with E-state index in [-0.39, 0.29) is 5.91 Å². The molecular weight excluding hydrogens is 364 g/mol. The largest absolute Gasteiger partial charge is 0.490 e. The number of aryl methyl sites for hydroxylation is 1. The fraction of sp³-hybridized carbons (Fsp3) is 0.211. The van der Waals surface area contributed by atoms with Crippen molar-refractivity contribution in [3.05, 3.63) is 47.6 Å². The molecule has 7 nitrogen and oxygen atoms in total. The number of carbonyl (C=O) groups is 1. The van der Waals surface area contributed by atoms with E-state index in [1.165, 1.54) is 11.3 Å². The maximum Gasteiger partial charge on any atom is 0.277 e. The Hall–Kier alpha value is -3.13. The van der Waals surface area contributed by atoms with Crippen LogP contribution in [0, 0.1) is 0 Å². The zero-order chi connectivity index (χ0) is 18.8. The van der Waals surface area contributed by atoms with Gasteiger partial charge in [0.15, 0.2) is 27.9 Å². The number of aromatic nitrogens is 3. The Labute approximate surface area is 159 Å². The second kappa shape index (κ2) is 7.24. The number of thiazole rings is 1. The van der Waals surface area contributed by atoms with E-state index in [2.05, 4.69) is 15.4 Å². The summed E-state index contributed by atoms with van der Waals surface area (Å²) in [6.45, 7) is 5.17. The monoisotopic (exact) mass is 382 g/mol. The lowest BCUT2D eigenvalue weighted by Crippen LogP contribution is -2.13. The van der Waals surface area contributed by atoms with Gasteiger partial charge in [-0.1, -0.05) is 12.1 Å². The molecule has 3 heterocycles. The molecule has 138 valence electrons. The molecule has 4 rings (SSSR count). The van der Waals surface area contributed by atoms with Crippen molar-refractivity contribution >= 4 is 33.3 Å². The van der Waals surface area contributed by atoms with Crippen LogP contribution in [0.5, 0.6) is 5.75 Å². The van der Waals surface area contributed by atoms with Crippen LogP contribution < -0.4 is 10.1 Å². The molecule has 0 saturated carbocycles. The van der Waals surface area contributed by atoms with Gasteiger partial charge in [0.05, 0.1) is 6.61 Å². The number of nitrogens with one attached hydrogen (secondary N) is 1. The molecule has 1 aromatic carbocycles. The van der Waals surface area contributed by atoms with E-state index < -0.39 is 0 Å². The number of furan rings is 1. The number of hydrogen-bond acceptors (Lipinski definition) is 6. The summed E-state index contributed by atoms with van der Waals surface area (Å²) in [6.07, 6.45) is 1.77. The maximum atomic E-state index is 12.3. The Kier molecular flexibility index (Phi) is 4.64. The molecule has 0 saturated heterocycles. The number of anilines is 1. The lowest BCUT2D eigenvalue weighted by atomic mass is 10.2. The average molecular weight is 382 g/mol. The van der Waals surface area contributed by atoms with E-state index in [0.29, 0.717) is 46.8 Å². The Morgan fingerprint density at radius 3 is 3.00 bits per heavy atom. The van der Waals surface area contributed by atoms with Crippen molar-refractivity contribution in [3.8, 4) is 17.2 Å². The standard InChI is InChI=1S/C19H18N4O3S/c1-3-23-9-8-13(22-23)18(24)21-19-20-14(11-27-19)16-10-12-6-5-7-15(25-4-2)17(12)26-16/h5-11H,3-4H2,1-2H3,(H,20,21,24). The Bertz CT molecular complexity index is 1100. The van der Waals surface area contributed by atoms with Crippen molar-refractivity contribution in [2.24, 2.45) is 0 Å². The summed E-state index contributed by atoms with van der Waals surface area (Å²) in [5.41, 5.74) is 1.71.